The number of benzene rings is 3. The molecule has 47 heavy (non-hydrogen) atoms. The molecule has 4 aromatic rings. The molecule has 0 radical (unpaired) electrons. The Kier molecular flexibility index (Phi) is 13.4. The number of esters is 1. The van der Waals surface area contributed by atoms with Crippen molar-refractivity contribution in [1.29, 1.82) is 0 Å². The molecule has 0 saturated carbocycles. The number of hydrogen-bond donors (Lipinski definition) is 2. The summed E-state index contributed by atoms with van der Waals surface area (Å²) in [6, 6.07) is 22.4. The van der Waals surface area contributed by atoms with Crippen molar-refractivity contribution < 1.29 is 28.3 Å². The highest BCUT2D eigenvalue weighted by Gasteiger charge is 2.23. The van der Waals surface area contributed by atoms with E-state index < -0.39 is 20.4 Å². The van der Waals surface area contributed by atoms with E-state index in [2.05, 4.69) is 25.0 Å². The van der Waals surface area contributed by atoms with Crippen LogP contribution < -0.4 is 20.1 Å². The zero-order valence-corrected chi connectivity index (χ0v) is 29.5. The minimum atomic E-state index is -1.39. The summed E-state index contributed by atoms with van der Waals surface area (Å²) in [6.07, 6.45) is -0.671. The largest absolute Gasteiger partial charge is 0.484 e. The standard InChI is InChI=1S/C34H40ClN4O6PS/c1-6-42-33(40)24(5)38-46(45-28-10-8-7-9-11-28)21-44-27-14-12-25(13-15-27)19-39-30(20-43-34(36)41)37-31(22(2)3)32(39)47-29-17-23(4)16-26(35)18-29/h7-18,22,24,38H,6,19-21H2,1-5H3,(H2,36,41). The van der Waals surface area contributed by atoms with Crippen LogP contribution in [-0.2, 0) is 27.4 Å². The number of primary amides is 1. The lowest BCUT2D eigenvalue weighted by Crippen LogP contribution is -2.34. The zero-order valence-electron chi connectivity index (χ0n) is 27.1. The van der Waals surface area contributed by atoms with Gasteiger partial charge in [0, 0.05) is 16.5 Å². The molecule has 250 valence electrons. The van der Waals surface area contributed by atoms with Gasteiger partial charge in [-0.15, -0.1) is 0 Å². The van der Waals surface area contributed by atoms with Gasteiger partial charge in [0.05, 0.1) is 12.3 Å². The summed E-state index contributed by atoms with van der Waals surface area (Å²) in [5.41, 5.74) is 8.21. The number of nitrogens with two attached hydrogens (primary N) is 1. The maximum Gasteiger partial charge on any atom is 0.404 e. The zero-order chi connectivity index (χ0) is 33.9. The number of amides is 1. The van der Waals surface area contributed by atoms with Crippen LogP contribution in [0, 0.1) is 6.92 Å². The Balaban J connectivity index is 1.54. The van der Waals surface area contributed by atoms with Crippen LogP contribution in [0.5, 0.6) is 11.5 Å². The normalized spacial score (nSPS) is 12.4. The van der Waals surface area contributed by atoms with Gasteiger partial charge < -0.3 is 29.0 Å². The van der Waals surface area contributed by atoms with Gasteiger partial charge in [-0.05, 0) is 80.3 Å². The minimum absolute atomic E-state index is 0.0619. The molecular weight excluding hydrogens is 659 g/mol. The average Bonchev–Trinajstić information content (AvgIpc) is 3.36. The lowest BCUT2D eigenvalue weighted by atomic mass is 10.1. The Morgan fingerprint density at radius 2 is 1.74 bits per heavy atom. The van der Waals surface area contributed by atoms with E-state index in [0.29, 0.717) is 35.5 Å². The molecule has 2 unspecified atom stereocenters. The highest BCUT2D eigenvalue weighted by molar-refractivity contribution is 7.99. The maximum atomic E-state index is 12.3. The first-order chi connectivity index (χ1) is 22.5. The number of hydrogen-bond acceptors (Lipinski definition) is 9. The number of para-hydroxylation sites is 1. The summed E-state index contributed by atoms with van der Waals surface area (Å²) < 4.78 is 24.6. The molecule has 0 aliphatic carbocycles. The van der Waals surface area contributed by atoms with Gasteiger partial charge in [-0.1, -0.05) is 67.5 Å². The third kappa shape index (κ3) is 10.9. The Morgan fingerprint density at radius 1 is 1.02 bits per heavy atom. The fraction of sp³-hybridized carbons (Fsp3) is 0.324. The van der Waals surface area contributed by atoms with Crippen molar-refractivity contribution in [3.63, 3.8) is 0 Å². The smallest absolute Gasteiger partial charge is 0.404 e. The fourth-order valence-electron chi connectivity index (χ4n) is 4.51. The van der Waals surface area contributed by atoms with E-state index in [4.69, 9.17) is 41.1 Å². The molecule has 13 heteroatoms. The van der Waals surface area contributed by atoms with Crippen molar-refractivity contribution in [3.05, 3.63) is 100 Å². The predicted octanol–water partition coefficient (Wildman–Crippen LogP) is 8.03. The van der Waals surface area contributed by atoms with Crippen molar-refractivity contribution in [2.24, 2.45) is 5.73 Å². The van der Waals surface area contributed by atoms with E-state index in [1.54, 1.807) is 25.6 Å². The molecule has 1 heterocycles. The number of ether oxygens (including phenoxy) is 3. The van der Waals surface area contributed by atoms with Crippen molar-refractivity contribution in [2.45, 2.75) is 69.7 Å². The number of nitrogens with one attached hydrogen (secondary N) is 1. The summed E-state index contributed by atoms with van der Waals surface area (Å²) in [7, 11) is -1.39. The Hall–Kier alpha value is -3.76. The number of nitrogens with zero attached hydrogens (tertiary/aromatic N) is 2. The highest BCUT2D eigenvalue weighted by Crippen LogP contribution is 2.38. The molecule has 2 atom stereocenters. The molecule has 0 aliphatic rings. The van der Waals surface area contributed by atoms with Gasteiger partial charge in [-0.3, -0.25) is 4.79 Å². The number of carbonyl (C=O) groups is 2. The van der Waals surface area contributed by atoms with Crippen molar-refractivity contribution >= 4 is 43.7 Å². The molecule has 0 saturated heterocycles. The van der Waals surface area contributed by atoms with Gasteiger partial charge in [-0.2, -0.15) is 0 Å². The van der Waals surface area contributed by atoms with E-state index in [1.165, 1.54) is 0 Å². The summed E-state index contributed by atoms with van der Waals surface area (Å²) in [5, 5.41) is 4.79. The Bertz CT molecular complexity index is 1620. The van der Waals surface area contributed by atoms with Crippen LogP contribution in [0.15, 0.2) is 82.7 Å². The van der Waals surface area contributed by atoms with Gasteiger partial charge in [0.15, 0.2) is 13.0 Å². The molecule has 0 spiro atoms. The van der Waals surface area contributed by atoms with Gasteiger partial charge in [0.2, 0.25) is 8.30 Å². The number of carbonyl (C=O) groups excluding carboxylic acids is 2. The second-order valence-corrected chi connectivity index (χ2v) is 13.9. The molecule has 10 nitrogen and oxygen atoms in total. The molecule has 1 amide bonds. The Labute approximate surface area is 286 Å². The Morgan fingerprint density at radius 3 is 2.38 bits per heavy atom. The van der Waals surface area contributed by atoms with Gasteiger partial charge in [0.25, 0.3) is 0 Å². The summed E-state index contributed by atoms with van der Waals surface area (Å²) in [6.45, 7) is 10.3. The summed E-state index contributed by atoms with van der Waals surface area (Å²) in [5.74, 6) is 1.64. The minimum Gasteiger partial charge on any atom is -0.484 e. The van der Waals surface area contributed by atoms with Crippen molar-refractivity contribution in [1.82, 2.24) is 14.6 Å². The number of aromatic nitrogens is 2. The van der Waals surface area contributed by atoms with Crippen molar-refractivity contribution in [3.8, 4) is 11.5 Å². The maximum absolute atomic E-state index is 12.3. The number of rotatable bonds is 16. The van der Waals surface area contributed by atoms with Crippen LogP contribution in [0.25, 0.3) is 0 Å². The summed E-state index contributed by atoms with van der Waals surface area (Å²) >= 11 is 7.94. The molecule has 4 rings (SSSR count). The molecule has 1 aromatic heterocycles. The van der Waals surface area contributed by atoms with E-state index in [0.717, 1.165) is 26.7 Å². The van der Waals surface area contributed by atoms with Crippen LogP contribution in [-0.4, -0.2) is 40.6 Å². The van der Waals surface area contributed by atoms with Crippen LogP contribution >= 0.6 is 31.7 Å². The van der Waals surface area contributed by atoms with Gasteiger partial charge in [-0.25, -0.2) is 14.9 Å². The van der Waals surface area contributed by atoms with Crippen LogP contribution in [0.3, 0.4) is 0 Å². The second kappa shape index (κ2) is 17.4. The second-order valence-electron chi connectivity index (χ2n) is 10.9. The monoisotopic (exact) mass is 698 g/mol. The third-order valence-electron chi connectivity index (χ3n) is 6.70. The molecule has 3 N–H and O–H groups in total. The SMILES string of the molecule is CCOC(=O)C(C)NP(COc1ccc(Cn2c(COC(N)=O)nc(C(C)C)c2Sc2cc(C)cc(Cl)c2)cc1)Oc1ccccc1. The van der Waals surface area contributed by atoms with E-state index in [9.17, 15) is 9.59 Å². The molecule has 0 fully saturated rings. The van der Waals surface area contributed by atoms with Gasteiger partial charge in [0.1, 0.15) is 28.4 Å². The lowest BCUT2D eigenvalue weighted by Gasteiger charge is -2.22. The lowest BCUT2D eigenvalue weighted by molar-refractivity contribution is -0.144. The average molecular weight is 699 g/mol. The van der Waals surface area contributed by atoms with E-state index in [1.807, 2.05) is 78.2 Å². The first kappa shape index (κ1) is 36.1. The first-order valence-corrected chi connectivity index (χ1v) is 17.8. The first-order valence-electron chi connectivity index (χ1n) is 15.1. The van der Waals surface area contributed by atoms with E-state index >= 15 is 0 Å². The third-order valence-corrected chi connectivity index (χ3v) is 9.48. The van der Waals surface area contributed by atoms with Gasteiger partial charge >= 0.3 is 12.1 Å². The van der Waals surface area contributed by atoms with Crippen LogP contribution in [0.4, 0.5) is 4.79 Å². The van der Waals surface area contributed by atoms with Crippen LogP contribution in [0.1, 0.15) is 56.3 Å². The topological polar surface area (TPSA) is 127 Å². The highest BCUT2D eigenvalue weighted by atomic mass is 35.5. The fourth-order valence-corrected chi connectivity index (χ4v) is 7.54. The molecule has 0 aliphatic heterocycles. The predicted molar refractivity (Wildman–Crippen MR) is 185 cm³/mol. The van der Waals surface area contributed by atoms with Crippen LogP contribution in [0.2, 0.25) is 5.02 Å². The molecule has 3 aromatic carbocycles. The quantitative estimate of drug-likeness (QED) is 0.0883. The number of aryl methyl sites for hydroxylation is 1. The van der Waals surface area contributed by atoms with Crippen molar-refractivity contribution in [2.75, 3.05) is 13.0 Å². The molecule has 0 bridgehead atoms. The van der Waals surface area contributed by atoms with E-state index in [-0.39, 0.29) is 24.8 Å². The number of halogens is 1. The summed E-state index contributed by atoms with van der Waals surface area (Å²) in [4.78, 5) is 29.6. The number of imidazole rings is 1. The molecular formula is C34H40ClN4O6PS.